The van der Waals surface area contributed by atoms with Crippen LogP contribution < -0.4 is 4.74 Å². The number of nitrogens with zero attached hydrogens (tertiary/aromatic N) is 1. The number of aliphatic imine (C=N–C) groups is 1. The third-order valence-electron chi connectivity index (χ3n) is 11.0. The number of hydrogen-bond acceptors (Lipinski definition) is 14. The number of phenolic OH excluding ortho intramolecular Hbond substituents is 1. The quantitative estimate of drug-likeness (QED) is 0.298. The first-order valence-electron chi connectivity index (χ1n) is 17.4. The summed E-state index contributed by atoms with van der Waals surface area (Å²) in [5.41, 5.74) is -7.77. The summed E-state index contributed by atoms with van der Waals surface area (Å²) in [6.07, 6.45) is -3.02. The first-order valence-corrected chi connectivity index (χ1v) is 17.4. The van der Waals surface area contributed by atoms with Crippen LogP contribution in [0.1, 0.15) is 100 Å². The van der Waals surface area contributed by atoms with Crippen LogP contribution in [0.15, 0.2) is 47.5 Å². The molecule has 14 nitrogen and oxygen atoms in total. The van der Waals surface area contributed by atoms with Crippen molar-refractivity contribution in [2.45, 2.75) is 81.9 Å². The van der Waals surface area contributed by atoms with Gasteiger partial charge in [0.2, 0.25) is 17.3 Å². The average Bonchev–Trinajstić information content (AvgIpc) is 3.14. The lowest BCUT2D eigenvalue weighted by Gasteiger charge is -2.53. The first kappa shape index (κ1) is 37.2. The lowest BCUT2D eigenvalue weighted by atomic mass is 9.56. The highest BCUT2D eigenvalue weighted by molar-refractivity contribution is 6.53. The highest BCUT2D eigenvalue weighted by Crippen LogP contribution is 2.57. The zero-order chi connectivity index (χ0) is 38.9. The number of ether oxygens (including phenoxy) is 5. The number of carbonyl (C=O) groups excluding carboxylic acids is 5. The number of carbonyl (C=O) groups is 5. The number of aliphatic hydroxyl groups excluding tert-OH is 1. The molecule has 1 saturated heterocycles. The van der Waals surface area contributed by atoms with Crippen molar-refractivity contribution in [1.82, 2.24) is 0 Å². The Hall–Kier alpha value is -5.12. The third-order valence-corrected chi connectivity index (χ3v) is 11.0. The third kappa shape index (κ3) is 5.27. The van der Waals surface area contributed by atoms with Crippen molar-refractivity contribution in [3.05, 3.63) is 92.5 Å². The molecular weight excluding hydrogens is 702 g/mol. The molecule has 0 aromatic heterocycles. The van der Waals surface area contributed by atoms with Crippen LogP contribution in [0.25, 0.3) is 0 Å². The molecule has 1 aliphatic heterocycles. The highest BCUT2D eigenvalue weighted by Gasteiger charge is 2.72. The molecule has 7 rings (SSSR count). The molecule has 6 unspecified atom stereocenters. The van der Waals surface area contributed by atoms with Gasteiger partial charge in [-0.1, -0.05) is 36.4 Å². The molecule has 0 saturated carbocycles. The Balaban J connectivity index is 1.46. The Kier molecular flexibility index (Phi) is 9.39. The summed E-state index contributed by atoms with van der Waals surface area (Å²) in [6, 6.07) is 11.2. The molecule has 54 heavy (non-hydrogen) atoms. The SMILES string of the molecule is COC(=O)c1c(C)cc2c(c1O)C1(O)C(=O)c3cc4c(c(OCc5ccccc5)c3C(=O)C1(OC)C(O)C2)C(=O)CC(=NC1CCC(OC)C(C)O1)C4=O. The van der Waals surface area contributed by atoms with E-state index in [0.717, 1.165) is 20.3 Å². The summed E-state index contributed by atoms with van der Waals surface area (Å²) in [7, 11) is 3.66. The maximum atomic E-state index is 15.0. The van der Waals surface area contributed by atoms with E-state index in [2.05, 4.69) is 4.99 Å². The van der Waals surface area contributed by atoms with Gasteiger partial charge < -0.3 is 39.0 Å². The maximum absolute atomic E-state index is 15.0. The number of aromatic hydroxyl groups is 1. The standard InChI is InChI=1S/C40H39NO13/c1-18-13-21-14-27(43)40(52-5)37(47)31-23(36(46)39(40,49)32(21)34(45)29(18)38(48)51-4)15-22-30(35(31)53-17-20-9-7-6-8-10-20)25(42)16-24(33(22)44)41-28-12-11-26(50-3)19(2)54-28/h6-10,13,15,19,26-28,43,45,49H,11-12,14,16-17H2,1-5H3. The number of phenols is 1. The molecule has 3 N–H and O–H groups in total. The van der Waals surface area contributed by atoms with Crippen LogP contribution in [-0.2, 0) is 37.6 Å². The van der Waals surface area contributed by atoms with Crippen LogP contribution in [-0.4, -0.2) is 102 Å². The van der Waals surface area contributed by atoms with E-state index >= 15 is 9.59 Å². The minimum Gasteiger partial charge on any atom is -0.507 e. The van der Waals surface area contributed by atoms with E-state index in [0.29, 0.717) is 18.4 Å². The van der Waals surface area contributed by atoms with E-state index in [1.807, 2.05) is 6.92 Å². The van der Waals surface area contributed by atoms with Crippen LogP contribution in [0.2, 0.25) is 0 Å². The van der Waals surface area contributed by atoms with Crippen molar-refractivity contribution in [2.75, 3.05) is 21.3 Å². The molecule has 6 atom stereocenters. The number of ketones is 4. The van der Waals surface area contributed by atoms with Gasteiger partial charge in [0.05, 0.1) is 48.7 Å². The number of aliphatic hydroxyl groups is 2. The molecule has 282 valence electrons. The predicted octanol–water partition coefficient (Wildman–Crippen LogP) is 3.39. The maximum Gasteiger partial charge on any atom is 0.341 e. The molecule has 0 radical (unpaired) electrons. The minimum absolute atomic E-state index is 0.0570. The van der Waals surface area contributed by atoms with Crippen molar-refractivity contribution < 1.29 is 63.0 Å². The van der Waals surface area contributed by atoms with Gasteiger partial charge in [0.25, 0.3) is 0 Å². The number of fused-ring (bicyclic) bond motifs is 5. The Bertz CT molecular complexity index is 2160. The second-order valence-electron chi connectivity index (χ2n) is 13.9. The first-order chi connectivity index (χ1) is 25.7. The van der Waals surface area contributed by atoms with E-state index in [4.69, 9.17) is 23.7 Å². The second kappa shape index (κ2) is 13.6. The van der Waals surface area contributed by atoms with Gasteiger partial charge in [-0.3, -0.25) is 24.2 Å². The number of esters is 1. The van der Waals surface area contributed by atoms with Crippen LogP contribution in [0.4, 0.5) is 0 Å². The zero-order valence-corrected chi connectivity index (χ0v) is 30.3. The number of Topliss-reactive ketones (excluding diaryl/α,β-unsaturated/α-hetero) is 4. The molecule has 0 spiro atoms. The molecule has 4 aliphatic rings. The van der Waals surface area contributed by atoms with Crippen molar-refractivity contribution >= 4 is 34.8 Å². The summed E-state index contributed by atoms with van der Waals surface area (Å²) in [5.74, 6) is -6.03. The van der Waals surface area contributed by atoms with Crippen LogP contribution >= 0.6 is 0 Å². The van der Waals surface area contributed by atoms with E-state index in [-0.39, 0.29) is 52.3 Å². The fourth-order valence-electron chi connectivity index (χ4n) is 8.42. The number of hydrogen-bond donors (Lipinski definition) is 3. The summed E-state index contributed by atoms with van der Waals surface area (Å²) >= 11 is 0. The van der Waals surface area contributed by atoms with Crippen molar-refractivity contribution in [3.63, 3.8) is 0 Å². The summed E-state index contributed by atoms with van der Waals surface area (Å²) < 4.78 is 28.2. The largest absolute Gasteiger partial charge is 0.507 e. The lowest BCUT2D eigenvalue weighted by Crippen LogP contribution is -2.73. The normalized spacial score (nSPS) is 28.2. The Morgan fingerprint density at radius 3 is 2.37 bits per heavy atom. The summed E-state index contributed by atoms with van der Waals surface area (Å²) in [6.45, 7) is 3.09. The molecule has 14 heteroatoms. The number of rotatable bonds is 7. The number of benzene rings is 3. The molecular formula is C40H39NO13. The Morgan fingerprint density at radius 2 is 1.72 bits per heavy atom. The van der Waals surface area contributed by atoms with Gasteiger partial charge in [0, 0.05) is 37.3 Å². The van der Waals surface area contributed by atoms with Gasteiger partial charge in [0.15, 0.2) is 17.0 Å². The lowest BCUT2D eigenvalue weighted by molar-refractivity contribution is -0.181. The highest BCUT2D eigenvalue weighted by atomic mass is 16.6. The molecule has 1 fully saturated rings. The van der Waals surface area contributed by atoms with Crippen LogP contribution in [0.3, 0.4) is 0 Å². The van der Waals surface area contributed by atoms with Gasteiger partial charge >= 0.3 is 5.97 Å². The van der Waals surface area contributed by atoms with Crippen LogP contribution in [0.5, 0.6) is 11.5 Å². The fourth-order valence-corrected chi connectivity index (χ4v) is 8.42. The molecule has 3 aromatic carbocycles. The van der Waals surface area contributed by atoms with Crippen molar-refractivity contribution in [3.8, 4) is 11.5 Å². The molecule has 1 heterocycles. The van der Waals surface area contributed by atoms with Crippen LogP contribution in [0, 0.1) is 6.92 Å². The summed E-state index contributed by atoms with van der Waals surface area (Å²) in [5, 5.41) is 36.1. The topological polar surface area (TPSA) is 205 Å². The van der Waals surface area contributed by atoms with E-state index in [1.54, 1.807) is 37.4 Å². The van der Waals surface area contributed by atoms with E-state index in [1.165, 1.54) is 13.0 Å². The second-order valence-corrected chi connectivity index (χ2v) is 13.9. The van der Waals surface area contributed by atoms with Crippen molar-refractivity contribution in [2.24, 2.45) is 4.99 Å². The van der Waals surface area contributed by atoms with E-state index in [9.17, 15) is 29.7 Å². The summed E-state index contributed by atoms with van der Waals surface area (Å²) in [4.78, 5) is 75.8. The number of methoxy groups -OCH3 is 3. The van der Waals surface area contributed by atoms with Gasteiger partial charge in [0.1, 0.15) is 29.9 Å². The Labute approximate surface area is 309 Å². The predicted molar refractivity (Wildman–Crippen MR) is 188 cm³/mol. The van der Waals surface area contributed by atoms with E-state index < -0.39 is 93.7 Å². The monoisotopic (exact) mass is 741 g/mol. The van der Waals surface area contributed by atoms with Gasteiger partial charge in [-0.15, -0.1) is 0 Å². The average molecular weight is 742 g/mol. The molecule has 0 amide bonds. The molecule has 0 bridgehead atoms. The number of aryl methyl sites for hydroxylation is 1. The fraction of sp³-hybridized carbons (Fsp3) is 0.400. The smallest absolute Gasteiger partial charge is 0.341 e. The minimum atomic E-state index is -3.16. The zero-order valence-electron chi connectivity index (χ0n) is 30.3. The van der Waals surface area contributed by atoms with Gasteiger partial charge in [-0.05, 0) is 49.4 Å². The van der Waals surface area contributed by atoms with Gasteiger partial charge in [-0.25, -0.2) is 4.79 Å². The Morgan fingerprint density at radius 1 is 1.00 bits per heavy atom. The molecule has 3 aromatic rings. The van der Waals surface area contributed by atoms with Gasteiger partial charge in [-0.2, -0.15) is 0 Å². The van der Waals surface area contributed by atoms with Crippen molar-refractivity contribution in [1.29, 1.82) is 0 Å². The molecule has 3 aliphatic carbocycles.